The van der Waals surface area contributed by atoms with Crippen LogP contribution >= 0.6 is 35.6 Å². The fraction of sp³-hybridized carbons (Fsp3) is 0.667. The second-order valence-corrected chi connectivity index (χ2v) is 7.76. The maximum Gasteiger partial charge on any atom is 0.0825 e. The standard InChI is InChI=1S/C18H27Cl2N3.ClH.2H2O/c19-16-2-1-3-17(18(16)20)23-12-10-22(11-13-23)9-8-14-4-6-15(21)7-5-14;;;/h1-3,14-15H,4-13,21H2;1H;2*1H2. The van der Waals surface area contributed by atoms with Gasteiger partial charge in [0.2, 0.25) is 0 Å². The summed E-state index contributed by atoms with van der Waals surface area (Å²) in [5, 5.41) is 1.32. The van der Waals surface area contributed by atoms with E-state index in [2.05, 4.69) is 15.9 Å². The maximum absolute atomic E-state index is 6.34. The molecule has 3 rings (SSSR count). The van der Waals surface area contributed by atoms with Crippen LogP contribution in [-0.2, 0) is 0 Å². The van der Waals surface area contributed by atoms with E-state index in [9.17, 15) is 0 Å². The predicted molar refractivity (Wildman–Crippen MR) is 114 cm³/mol. The Morgan fingerprint density at radius 2 is 1.58 bits per heavy atom. The number of hydrogen-bond acceptors (Lipinski definition) is 3. The molecule has 5 nitrogen and oxygen atoms in total. The van der Waals surface area contributed by atoms with E-state index < -0.39 is 0 Å². The molecule has 0 atom stereocenters. The van der Waals surface area contributed by atoms with Gasteiger partial charge in [-0.3, -0.25) is 4.90 Å². The number of anilines is 1. The number of nitrogens with two attached hydrogens (primary N) is 1. The molecule has 0 bridgehead atoms. The Labute approximate surface area is 172 Å². The third-order valence-electron chi connectivity index (χ3n) is 5.39. The molecule has 152 valence electrons. The van der Waals surface area contributed by atoms with E-state index in [-0.39, 0.29) is 23.4 Å². The van der Waals surface area contributed by atoms with Crippen molar-refractivity contribution in [1.29, 1.82) is 0 Å². The van der Waals surface area contributed by atoms with Gasteiger partial charge in [0.1, 0.15) is 0 Å². The SMILES string of the molecule is Cl.NC1CCC(CCN2CCN(c3cccc(Cl)c3Cl)CC2)CC1.O.O. The Morgan fingerprint density at radius 3 is 2.19 bits per heavy atom. The highest BCUT2D eigenvalue weighted by Gasteiger charge is 2.22. The minimum atomic E-state index is 0. The van der Waals surface area contributed by atoms with Gasteiger partial charge in [-0.05, 0) is 56.7 Å². The van der Waals surface area contributed by atoms with Gasteiger partial charge in [-0.1, -0.05) is 29.3 Å². The van der Waals surface area contributed by atoms with Crippen molar-refractivity contribution < 1.29 is 11.0 Å². The Balaban J connectivity index is 0.00000208. The summed E-state index contributed by atoms with van der Waals surface area (Å²) < 4.78 is 0. The second kappa shape index (κ2) is 12.2. The summed E-state index contributed by atoms with van der Waals surface area (Å²) in [5.41, 5.74) is 7.06. The topological polar surface area (TPSA) is 95.5 Å². The summed E-state index contributed by atoms with van der Waals surface area (Å²) in [4.78, 5) is 4.94. The summed E-state index contributed by atoms with van der Waals surface area (Å²) in [6.07, 6.45) is 6.39. The molecule has 1 saturated heterocycles. The zero-order chi connectivity index (χ0) is 16.2. The molecule has 0 spiro atoms. The Hall–Kier alpha value is -0.270. The van der Waals surface area contributed by atoms with Crippen molar-refractivity contribution in [2.45, 2.75) is 38.1 Å². The Bertz CT molecular complexity index is 520. The molecular weight excluding hydrogens is 397 g/mol. The minimum Gasteiger partial charge on any atom is -0.412 e. The first-order valence-corrected chi connectivity index (χ1v) is 9.56. The highest BCUT2D eigenvalue weighted by atomic mass is 35.5. The van der Waals surface area contributed by atoms with Crippen molar-refractivity contribution in [3.8, 4) is 0 Å². The van der Waals surface area contributed by atoms with Gasteiger partial charge in [-0.25, -0.2) is 0 Å². The van der Waals surface area contributed by atoms with Crippen LogP contribution in [0.25, 0.3) is 0 Å². The van der Waals surface area contributed by atoms with Crippen LogP contribution in [0.4, 0.5) is 5.69 Å². The highest BCUT2D eigenvalue weighted by Crippen LogP contribution is 2.33. The van der Waals surface area contributed by atoms with Crippen LogP contribution in [0.15, 0.2) is 18.2 Å². The number of halogens is 3. The lowest BCUT2D eigenvalue weighted by atomic mass is 9.84. The summed E-state index contributed by atoms with van der Waals surface area (Å²) in [6, 6.07) is 6.34. The fourth-order valence-corrected chi connectivity index (χ4v) is 4.21. The molecule has 0 amide bonds. The molecule has 6 N–H and O–H groups in total. The molecule has 0 unspecified atom stereocenters. The molecule has 1 aromatic rings. The molecule has 26 heavy (non-hydrogen) atoms. The normalized spacial score (nSPS) is 23.4. The first-order chi connectivity index (χ1) is 11.1. The van der Waals surface area contributed by atoms with Gasteiger partial charge in [-0.15, -0.1) is 12.4 Å². The van der Waals surface area contributed by atoms with E-state index in [0.29, 0.717) is 16.1 Å². The monoisotopic (exact) mass is 427 g/mol. The molecule has 2 fully saturated rings. The smallest absolute Gasteiger partial charge is 0.0825 e. The summed E-state index contributed by atoms with van der Waals surface area (Å²) >= 11 is 12.5. The maximum atomic E-state index is 6.34. The first kappa shape index (κ1) is 25.7. The minimum absolute atomic E-state index is 0. The molecule has 1 aliphatic heterocycles. The van der Waals surface area contributed by atoms with E-state index >= 15 is 0 Å². The molecule has 1 aromatic carbocycles. The van der Waals surface area contributed by atoms with Crippen LogP contribution < -0.4 is 10.6 Å². The predicted octanol–water partition coefficient (Wildman–Crippen LogP) is 2.80. The van der Waals surface area contributed by atoms with Crippen molar-refractivity contribution in [3.63, 3.8) is 0 Å². The molecule has 0 aromatic heterocycles. The van der Waals surface area contributed by atoms with Crippen LogP contribution in [0.3, 0.4) is 0 Å². The van der Waals surface area contributed by atoms with E-state index in [1.54, 1.807) is 0 Å². The Kier molecular flexibility index (Phi) is 12.1. The van der Waals surface area contributed by atoms with Gasteiger partial charge in [0, 0.05) is 32.2 Å². The van der Waals surface area contributed by atoms with Crippen molar-refractivity contribution in [2.75, 3.05) is 37.6 Å². The van der Waals surface area contributed by atoms with Crippen LogP contribution in [0.5, 0.6) is 0 Å². The zero-order valence-corrected chi connectivity index (χ0v) is 17.4. The average Bonchev–Trinajstić information content (AvgIpc) is 2.57. The lowest BCUT2D eigenvalue weighted by Gasteiger charge is -2.37. The number of piperazine rings is 1. The average molecular weight is 429 g/mol. The second-order valence-electron chi connectivity index (χ2n) is 6.97. The number of rotatable bonds is 4. The van der Waals surface area contributed by atoms with Gasteiger partial charge < -0.3 is 21.6 Å². The third kappa shape index (κ3) is 6.71. The number of benzene rings is 1. The molecular formula is C18H32Cl3N3O2. The largest absolute Gasteiger partial charge is 0.412 e. The molecule has 2 aliphatic rings. The van der Waals surface area contributed by atoms with E-state index in [0.717, 1.165) is 37.8 Å². The van der Waals surface area contributed by atoms with Crippen molar-refractivity contribution in [3.05, 3.63) is 28.2 Å². The summed E-state index contributed by atoms with van der Waals surface area (Å²) in [5.74, 6) is 0.884. The van der Waals surface area contributed by atoms with Crippen molar-refractivity contribution in [1.82, 2.24) is 4.90 Å². The Morgan fingerprint density at radius 1 is 0.962 bits per heavy atom. The lowest BCUT2D eigenvalue weighted by molar-refractivity contribution is 0.217. The van der Waals surface area contributed by atoms with Gasteiger partial charge in [0.15, 0.2) is 0 Å². The van der Waals surface area contributed by atoms with Crippen LogP contribution in [0, 0.1) is 5.92 Å². The fourth-order valence-electron chi connectivity index (χ4n) is 3.79. The van der Waals surface area contributed by atoms with Gasteiger partial charge >= 0.3 is 0 Å². The van der Waals surface area contributed by atoms with Gasteiger partial charge in [-0.2, -0.15) is 0 Å². The van der Waals surface area contributed by atoms with E-state index in [1.807, 2.05) is 12.1 Å². The van der Waals surface area contributed by atoms with Crippen molar-refractivity contribution in [2.24, 2.45) is 11.7 Å². The number of nitrogens with zero attached hydrogens (tertiary/aromatic N) is 2. The molecule has 1 aliphatic carbocycles. The quantitative estimate of drug-likeness (QED) is 0.798. The highest BCUT2D eigenvalue weighted by molar-refractivity contribution is 6.43. The number of hydrogen-bond donors (Lipinski definition) is 1. The van der Waals surface area contributed by atoms with Gasteiger partial charge in [0.05, 0.1) is 15.7 Å². The molecule has 1 heterocycles. The van der Waals surface area contributed by atoms with Crippen LogP contribution in [0.2, 0.25) is 10.0 Å². The molecule has 8 heteroatoms. The molecule has 0 radical (unpaired) electrons. The van der Waals surface area contributed by atoms with Crippen molar-refractivity contribution >= 4 is 41.3 Å². The van der Waals surface area contributed by atoms with E-state index in [1.165, 1.54) is 38.6 Å². The third-order valence-corrected chi connectivity index (χ3v) is 6.20. The summed E-state index contributed by atoms with van der Waals surface area (Å²) in [6.45, 7) is 5.48. The van der Waals surface area contributed by atoms with E-state index in [4.69, 9.17) is 28.9 Å². The lowest BCUT2D eigenvalue weighted by Crippen LogP contribution is -2.47. The molecule has 1 saturated carbocycles. The summed E-state index contributed by atoms with van der Waals surface area (Å²) in [7, 11) is 0. The van der Waals surface area contributed by atoms with Crippen LogP contribution in [0.1, 0.15) is 32.1 Å². The zero-order valence-electron chi connectivity index (χ0n) is 15.1. The van der Waals surface area contributed by atoms with Crippen LogP contribution in [-0.4, -0.2) is 54.6 Å². The van der Waals surface area contributed by atoms with Gasteiger partial charge in [0.25, 0.3) is 0 Å². The first-order valence-electron chi connectivity index (χ1n) is 8.80.